The minimum absolute atomic E-state index is 0.138. The van der Waals surface area contributed by atoms with Gasteiger partial charge in [0, 0.05) is 5.92 Å². The summed E-state index contributed by atoms with van der Waals surface area (Å²) < 4.78 is 0. The molecule has 0 bridgehead atoms. The maximum absolute atomic E-state index is 11.5. The number of likely N-dealkylation sites (tertiary alicyclic amines) is 1. The van der Waals surface area contributed by atoms with E-state index in [-0.39, 0.29) is 12.0 Å². The lowest BCUT2D eigenvalue weighted by Crippen LogP contribution is -2.40. The van der Waals surface area contributed by atoms with Gasteiger partial charge in [-0.25, -0.2) is 0 Å². The summed E-state index contributed by atoms with van der Waals surface area (Å²) in [6.07, 6.45) is 1.83. The van der Waals surface area contributed by atoms with Gasteiger partial charge in [-0.05, 0) is 38.8 Å². The summed E-state index contributed by atoms with van der Waals surface area (Å²) in [5.41, 5.74) is 0. The third-order valence-corrected chi connectivity index (χ3v) is 3.34. The lowest BCUT2D eigenvalue weighted by atomic mass is 9.92. The van der Waals surface area contributed by atoms with Gasteiger partial charge in [0.25, 0.3) is 0 Å². The molecule has 1 heterocycles. The highest BCUT2D eigenvalue weighted by Crippen LogP contribution is 2.20. The Morgan fingerprint density at radius 3 is 2.27 bits per heavy atom. The lowest BCUT2D eigenvalue weighted by molar-refractivity contribution is -0.123. The maximum Gasteiger partial charge on any atom is 0.149 e. The van der Waals surface area contributed by atoms with E-state index in [9.17, 15) is 9.90 Å². The van der Waals surface area contributed by atoms with Crippen molar-refractivity contribution in [3.8, 4) is 0 Å². The minimum atomic E-state index is -0.201. The van der Waals surface area contributed by atoms with Crippen LogP contribution in [-0.4, -0.2) is 41.5 Å². The van der Waals surface area contributed by atoms with Crippen molar-refractivity contribution in [3.63, 3.8) is 0 Å². The molecule has 1 aliphatic heterocycles. The molecule has 0 amide bonds. The Kier molecular flexibility index (Phi) is 4.74. The number of carbonyl (C=O) groups excluding carboxylic acids is 1. The predicted octanol–water partition coefficient (Wildman–Crippen LogP) is 1.30. The zero-order chi connectivity index (χ0) is 11.4. The van der Waals surface area contributed by atoms with Crippen molar-refractivity contribution in [3.05, 3.63) is 0 Å². The summed E-state index contributed by atoms with van der Waals surface area (Å²) in [5, 5.41) is 9.45. The van der Waals surface area contributed by atoms with Crippen LogP contribution in [0.15, 0.2) is 0 Å². The van der Waals surface area contributed by atoms with Gasteiger partial charge in [-0.2, -0.15) is 0 Å². The Morgan fingerprint density at radius 2 is 1.87 bits per heavy atom. The fourth-order valence-corrected chi connectivity index (χ4v) is 2.00. The number of ketones is 1. The van der Waals surface area contributed by atoms with Gasteiger partial charge in [0.05, 0.1) is 12.6 Å². The van der Waals surface area contributed by atoms with Crippen molar-refractivity contribution in [1.82, 2.24) is 4.90 Å². The van der Waals surface area contributed by atoms with E-state index >= 15 is 0 Å². The maximum atomic E-state index is 11.5. The van der Waals surface area contributed by atoms with Crippen molar-refractivity contribution >= 4 is 5.78 Å². The molecule has 1 saturated heterocycles. The molecule has 0 saturated carbocycles. The molecule has 1 atom stereocenters. The van der Waals surface area contributed by atoms with E-state index in [1.165, 1.54) is 0 Å². The quantitative estimate of drug-likeness (QED) is 0.765. The normalized spacial score (nSPS) is 21.9. The second kappa shape index (κ2) is 5.61. The van der Waals surface area contributed by atoms with Crippen LogP contribution in [0.1, 0.15) is 33.6 Å². The average molecular weight is 213 g/mol. The molecule has 1 rings (SSSR count). The Hall–Kier alpha value is -0.410. The summed E-state index contributed by atoms with van der Waals surface area (Å²) >= 11 is 0. The third-order valence-electron chi connectivity index (χ3n) is 3.34. The first-order valence-electron chi connectivity index (χ1n) is 5.94. The van der Waals surface area contributed by atoms with Crippen molar-refractivity contribution in [2.45, 2.75) is 39.7 Å². The zero-order valence-electron chi connectivity index (χ0n) is 10.1. The van der Waals surface area contributed by atoms with Crippen molar-refractivity contribution in [2.75, 3.05) is 19.6 Å². The molecular weight excluding hydrogens is 190 g/mol. The van der Waals surface area contributed by atoms with Crippen molar-refractivity contribution in [2.24, 2.45) is 11.8 Å². The van der Waals surface area contributed by atoms with Gasteiger partial charge in [-0.1, -0.05) is 13.8 Å². The van der Waals surface area contributed by atoms with Gasteiger partial charge >= 0.3 is 0 Å². The highest BCUT2D eigenvalue weighted by Gasteiger charge is 2.24. The third kappa shape index (κ3) is 3.92. The van der Waals surface area contributed by atoms with E-state index < -0.39 is 0 Å². The number of aliphatic hydroxyl groups excluding tert-OH is 1. The molecule has 0 spiro atoms. The number of carbonyl (C=O) groups is 1. The molecule has 1 fully saturated rings. The Morgan fingerprint density at radius 1 is 1.33 bits per heavy atom. The molecule has 0 aromatic heterocycles. The first-order chi connectivity index (χ1) is 7.00. The van der Waals surface area contributed by atoms with Crippen molar-refractivity contribution in [1.29, 1.82) is 0 Å². The van der Waals surface area contributed by atoms with Gasteiger partial charge in [-0.15, -0.1) is 0 Å². The van der Waals surface area contributed by atoms with Crippen LogP contribution in [0.5, 0.6) is 0 Å². The minimum Gasteiger partial charge on any atom is -0.393 e. The van der Waals surface area contributed by atoms with E-state index in [0.717, 1.165) is 25.9 Å². The second-order valence-electron chi connectivity index (χ2n) is 4.98. The Bertz CT molecular complexity index is 206. The van der Waals surface area contributed by atoms with Crippen molar-refractivity contribution < 1.29 is 9.90 Å². The highest BCUT2D eigenvalue weighted by atomic mass is 16.3. The van der Waals surface area contributed by atoms with Crippen LogP contribution in [0.4, 0.5) is 0 Å². The van der Waals surface area contributed by atoms with E-state index in [2.05, 4.69) is 4.90 Å². The van der Waals surface area contributed by atoms with E-state index in [4.69, 9.17) is 0 Å². The standard InChI is InChI=1S/C12H23NO2/c1-9(2)12(15)8-13-6-4-11(5-7-13)10(3)14/h9-11,14H,4-8H2,1-3H3. The summed E-state index contributed by atoms with van der Waals surface area (Å²) in [5.74, 6) is 0.889. The van der Waals surface area contributed by atoms with Crippen LogP contribution >= 0.6 is 0 Å². The van der Waals surface area contributed by atoms with Crippen LogP contribution < -0.4 is 0 Å². The molecule has 0 aromatic carbocycles. The number of aliphatic hydroxyl groups is 1. The smallest absolute Gasteiger partial charge is 0.149 e. The van der Waals surface area contributed by atoms with Crippen LogP contribution in [0.25, 0.3) is 0 Å². The Labute approximate surface area is 92.5 Å². The molecule has 1 N–H and O–H groups in total. The van der Waals surface area contributed by atoms with Gasteiger partial charge in [-0.3, -0.25) is 9.69 Å². The topological polar surface area (TPSA) is 40.5 Å². The average Bonchev–Trinajstić information content (AvgIpc) is 2.18. The van der Waals surface area contributed by atoms with E-state index in [1.54, 1.807) is 0 Å². The molecular formula is C12H23NO2. The number of hydrogen-bond donors (Lipinski definition) is 1. The Balaban J connectivity index is 2.29. The largest absolute Gasteiger partial charge is 0.393 e. The molecule has 3 nitrogen and oxygen atoms in total. The van der Waals surface area contributed by atoms with Gasteiger partial charge in [0.15, 0.2) is 0 Å². The van der Waals surface area contributed by atoms with Gasteiger partial charge in [0.2, 0.25) is 0 Å². The monoisotopic (exact) mass is 213 g/mol. The number of Topliss-reactive ketones (excluding diaryl/α,β-unsaturated/α-hetero) is 1. The fraction of sp³-hybridized carbons (Fsp3) is 0.917. The van der Waals surface area contributed by atoms with E-state index in [0.29, 0.717) is 18.2 Å². The highest BCUT2D eigenvalue weighted by molar-refractivity contribution is 5.82. The van der Waals surface area contributed by atoms with Crippen LogP contribution in [-0.2, 0) is 4.79 Å². The molecule has 15 heavy (non-hydrogen) atoms. The molecule has 0 aromatic rings. The van der Waals surface area contributed by atoms with Crippen LogP contribution in [0.3, 0.4) is 0 Å². The molecule has 3 heteroatoms. The van der Waals surface area contributed by atoms with Gasteiger partial charge < -0.3 is 5.11 Å². The molecule has 1 aliphatic rings. The van der Waals surface area contributed by atoms with Crippen LogP contribution in [0.2, 0.25) is 0 Å². The SMILES string of the molecule is CC(C)C(=O)CN1CCC(C(C)O)CC1. The number of piperidine rings is 1. The van der Waals surface area contributed by atoms with Crippen LogP contribution in [0, 0.1) is 11.8 Å². The molecule has 0 aliphatic carbocycles. The molecule has 88 valence electrons. The molecule has 0 radical (unpaired) electrons. The lowest BCUT2D eigenvalue weighted by Gasteiger charge is -2.33. The number of nitrogens with zero attached hydrogens (tertiary/aromatic N) is 1. The van der Waals surface area contributed by atoms with Gasteiger partial charge in [0.1, 0.15) is 5.78 Å². The number of hydrogen-bond acceptors (Lipinski definition) is 3. The summed E-state index contributed by atoms with van der Waals surface area (Å²) in [6, 6.07) is 0. The fourth-order valence-electron chi connectivity index (χ4n) is 2.00. The second-order valence-corrected chi connectivity index (χ2v) is 4.98. The first-order valence-corrected chi connectivity index (χ1v) is 5.94. The summed E-state index contributed by atoms with van der Waals surface area (Å²) in [7, 11) is 0. The number of rotatable bonds is 4. The predicted molar refractivity (Wildman–Crippen MR) is 60.7 cm³/mol. The first kappa shape index (κ1) is 12.7. The molecule has 1 unspecified atom stereocenters. The zero-order valence-corrected chi connectivity index (χ0v) is 10.1. The summed E-state index contributed by atoms with van der Waals surface area (Å²) in [4.78, 5) is 13.7. The summed E-state index contributed by atoms with van der Waals surface area (Å²) in [6.45, 7) is 8.25. The van der Waals surface area contributed by atoms with E-state index in [1.807, 2.05) is 20.8 Å².